The van der Waals surface area contributed by atoms with Crippen molar-refractivity contribution in [1.82, 2.24) is 9.13 Å². The molecule has 1 aliphatic rings. The first-order valence-electron chi connectivity index (χ1n) is 14.3. The van der Waals surface area contributed by atoms with E-state index >= 15 is 0 Å². The third-order valence-corrected chi connectivity index (χ3v) is 8.33. The summed E-state index contributed by atoms with van der Waals surface area (Å²) in [6.07, 6.45) is 1.57. The average Bonchev–Trinajstić information content (AvgIpc) is 3.50. The molecule has 2 heterocycles. The predicted octanol–water partition coefficient (Wildman–Crippen LogP) is 9.44. The molecule has 0 spiro atoms. The molecule has 4 nitrogen and oxygen atoms in total. The SMILES string of the molecule is CC(C)(C)OC(=O)n1c2cccc3c2c2c(cc4c5ccccc5n(-c5ccc(-c6ccccc6)cc5)c4c21)CC3. The minimum absolute atomic E-state index is 0.341. The van der Waals surface area contributed by atoms with E-state index in [1.165, 1.54) is 38.4 Å². The van der Waals surface area contributed by atoms with E-state index in [9.17, 15) is 4.79 Å². The number of hydrogen-bond acceptors (Lipinski definition) is 2. The van der Waals surface area contributed by atoms with E-state index < -0.39 is 5.60 Å². The lowest BCUT2D eigenvalue weighted by Crippen LogP contribution is -2.27. The van der Waals surface area contributed by atoms with Gasteiger partial charge in [0.2, 0.25) is 0 Å². The summed E-state index contributed by atoms with van der Waals surface area (Å²) in [7, 11) is 0. The summed E-state index contributed by atoms with van der Waals surface area (Å²) in [5, 5.41) is 4.68. The van der Waals surface area contributed by atoms with Gasteiger partial charge in [-0.25, -0.2) is 9.36 Å². The second-order valence-corrected chi connectivity index (χ2v) is 12.0. The zero-order valence-electron chi connectivity index (χ0n) is 23.4. The number of para-hydroxylation sites is 1. The van der Waals surface area contributed by atoms with Crippen molar-refractivity contribution >= 4 is 49.7 Å². The summed E-state index contributed by atoms with van der Waals surface area (Å²) in [5.74, 6) is 0. The molecule has 0 saturated carbocycles. The molecule has 0 N–H and O–H groups in total. The van der Waals surface area contributed by atoms with Crippen LogP contribution in [0.4, 0.5) is 4.79 Å². The minimum atomic E-state index is -0.617. The molecule has 0 amide bonds. The third kappa shape index (κ3) is 3.57. The van der Waals surface area contributed by atoms with Crippen LogP contribution in [0.25, 0.3) is 60.4 Å². The molecule has 200 valence electrons. The Kier molecular flexibility index (Phi) is 5.03. The number of rotatable bonds is 2. The molecule has 2 aromatic heterocycles. The molecule has 8 rings (SSSR count). The molecule has 5 aromatic carbocycles. The first kappa shape index (κ1) is 24.0. The van der Waals surface area contributed by atoms with Gasteiger partial charge < -0.3 is 9.30 Å². The van der Waals surface area contributed by atoms with Gasteiger partial charge in [-0.3, -0.25) is 0 Å². The smallest absolute Gasteiger partial charge is 0.419 e. The summed E-state index contributed by atoms with van der Waals surface area (Å²) in [6, 6.07) is 36.4. The highest BCUT2D eigenvalue weighted by molar-refractivity contribution is 6.27. The number of fused-ring (bicyclic) bond motifs is 4. The first-order valence-corrected chi connectivity index (χ1v) is 14.3. The second-order valence-electron chi connectivity index (χ2n) is 12.0. The minimum Gasteiger partial charge on any atom is -0.443 e. The molecule has 4 heteroatoms. The molecule has 0 bridgehead atoms. The van der Waals surface area contributed by atoms with Crippen LogP contribution in [0.3, 0.4) is 0 Å². The van der Waals surface area contributed by atoms with Crippen molar-refractivity contribution in [2.45, 2.75) is 39.2 Å². The van der Waals surface area contributed by atoms with E-state index in [0.717, 1.165) is 46.0 Å². The lowest BCUT2D eigenvalue weighted by molar-refractivity contribution is 0.0551. The van der Waals surface area contributed by atoms with Gasteiger partial charge in [0, 0.05) is 27.2 Å². The summed E-state index contributed by atoms with van der Waals surface area (Å²) < 4.78 is 10.2. The molecule has 0 radical (unpaired) electrons. The van der Waals surface area contributed by atoms with Gasteiger partial charge in [-0.2, -0.15) is 0 Å². The zero-order valence-corrected chi connectivity index (χ0v) is 23.4. The highest BCUT2D eigenvalue weighted by atomic mass is 16.6. The Morgan fingerprint density at radius 1 is 0.659 bits per heavy atom. The lowest BCUT2D eigenvalue weighted by atomic mass is 9.90. The van der Waals surface area contributed by atoms with Gasteiger partial charge >= 0.3 is 6.09 Å². The van der Waals surface area contributed by atoms with Crippen LogP contribution in [0.2, 0.25) is 0 Å². The number of aromatic nitrogens is 2. The molecule has 7 aromatic rings. The van der Waals surface area contributed by atoms with Crippen LogP contribution < -0.4 is 0 Å². The number of benzene rings is 5. The van der Waals surface area contributed by atoms with Crippen molar-refractivity contribution < 1.29 is 9.53 Å². The Hall–Kier alpha value is -4.83. The van der Waals surface area contributed by atoms with Crippen molar-refractivity contribution in [3.63, 3.8) is 0 Å². The number of carbonyl (C=O) groups excluding carboxylic acids is 1. The number of aryl methyl sites for hydroxylation is 2. The molecule has 0 unspecified atom stereocenters. The molecule has 41 heavy (non-hydrogen) atoms. The quantitative estimate of drug-likeness (QED) is 0.221. The maximum absolute atomic E-state index is 14.0. The Morgan fingerprint density at radius 2 is 1.34 bits per heavy atom. The van der Waals surface area contributed by atoms with E-state index in [4.69, 9.17) is 4.74 Å². The van der Waals surface area contributed by atoms with Crippen LogP contribution in [-0.4, -0.2) is 20.8 Å². The predicted molar refractivity (Wildman–Crippen MR) is 168 cm³/mol. The summed E-state index contributed by atoms with van der Waals surface area (Å²) in [5.41, 5.74) is 9.38. The summed E-state index contributed by atoms with van der Waals surface area (Å²) in [6.45, 7) is 5.78. The van der Waals surface area contributed by atoms with E-state index in [2.05, 4.69) is 102 Å². The van der Waals surface area contributed by atoms with Crippen molar-refractivity contribution in [3.05, 3.63) is 114 Å². The molecular weight excluding hydrogens is 504 g/mol. The fourth-order valence-electron chi connectivity index (χ4n) is 6.71. The van der Waals surface area contributed by atoms with Crippen molar-refractivity contribution in [1.29, 1.82) is 0 Å². The molecule has 0 fully saturated rings. The van der Waals surface area contributed by atoms with Crippen LogP contribution in [0.15, 0.2) is 103 Å². The Labute approximate surface area is 238 Å². The monoisotopic (exact) mass is 534 g/mol. The Morgan fingerprint density at radius 3 is 2.12 bits per heavy atom. The number of ether oxygens (including phenoxy) is 1. The van der Waals surface area contributed by atoms with E-state index in [1.54, 1.807) is 0 Å². The zero-order chi connectivity index (χ0) is 27.9. The van der Waals surface area contributed by atoms with Crippen LogP contribution in [0, 0.1) is 0 Å². The summed E-state index contributed by atoms with van der Waals surface area (Å²) >= 11 is 0. The Bertz CT molecular complexity index is 2160. The number of nitrogens with zero attached hydrogens (tertiary/aromatic N) is 2. The van der Waals surface area contributed by atoms with Crippen molar-refractivity contribution in [2.24, 2.45) is 0 Å². The fraction of sp³-hybridized carbons (Fsp3) is 0.162. The van der Waals surface area contributed by atoms with Gasteiger partial charge in [0.1, 0.15) is 5.60 Å². The van der Waals surface area contributed by atoms with Crippen LogP contribution in [0.1, 0.15) is 31.9 Å². The normalized spacial score (nSPS) is 13.1. The molecule has 0 saturated heterocycles. The summed E-state index contributed by atoms with van der Waals surface area (Å²) in [4.78, 5) is 14.0. The highest BCUT2D eigenvalue weighted by Gasteiger charge is 2.30. The standard InChI is InChI=1S/C37H30N2O2/c1-37(2,3)41-36(40)39-31-15-9-12-25-16-17-26-22-29-28-13-7-8-14-30(28)38(34(29)35(39)33(26)32(25)31)27-20-18-24(19-21-27)23-10-5-4-6-11-23/h4-15,18-22H,16-17H2,1-3H3. The van der Waals surface area contributed by atoms with E-state index in [1.807, 2.05) is 31.4 Å². The highest BCUT2D eigenvalue weighted by Crippen LogP contribution is 2.45. The van der Waals surface area contributed by atoms with Gasteiger partial charge in [-0.1, -0.05) is 72.8 Å². The molecular formula is C37H30N2O2. The van der Waals surface area contributed by atoms with E-state index in [-0.39, 0.29) is 6.09 Å². The van der Waals surface area contributed by atoms with Gasteiger partial charge in [-0.05, 0) is 86.2 Å². The molecule has 1 aliphatic carbocycles. The molecule has 0 aliphatic heterocycles. The van der Waals surface area contributed by atoms with Crippen molar-refractivity contribution in [2.75, 3.05) is 0 Å². The third-order valence-electron chi connectivity index (χ3n) is 8.33. The van der Waals surface area contributed by atoms with Crippen LogP contribution in [0.5, 0.6) is 0 Å². The Balaban J connectivity index is 1.52. The average molecular weight is 535 g/mol. The largest absolute Gasteiger partial charge is 0.443 e. The second kappa shape index (κ2) is 8.58. The number of hydrogen-bond donors (Lipinski definition) is 0. The van der Waals surface area contributed by atoms with Crippen LogP contribution >= 0.6 is 0 Å². The lowest BCUT2D eigenvalue weighted by Gasteiger charge is -2.20. The van der Waals surface area contributed by atoms with Crippen molar-refractivity contribution in [3.8, 4) is 16.8 Å². The number of carbonyl (C=O) groups is 1. The van der Waals surface area contributed by atoms with Crippen LogP contribution in [-0.2, 0) is 17.6 Å². The maximum Gasteiger partial charge on any atom is 0.419 e. The van der Waals surface area contributed by atoms with Gasteiger partial charge in [0.25, 0.3) is 0 Å². The van der Waals surface area contributed by atoms with Gasteiger partial charge in [-0.15, -0.1) is 0 Å². The first-order chi connectivity index (χ1) is 19.9. The van der Waals surface area contributed by atoms with Gasteiger partial charge in [0.15, 0.2) is 0 Å². The molecule has 0 atom stereocenters. The topological polar surface area (TPSA) is 36.2 Å². The fourth-order valence-corrected chi connectivity index (χ4v) is 6.71. The van der Waals surface area contributed by atoms with E-state index in [0.29, 0.717) is 0 Å². The van der Waals surface area contributed by atoms with Gasteiger partial charge in [0.05, 0.1) is 22.1 Å². The maximum atomic E-state index is 14.0.